The number of rotatable bonds is 19. The zero-order chi connectivity index (χ0) is 67.6. The number of para-hydroxylation sites is 1. The molecule has 0 heterocycles. The smallest absolute Gasteiger partial charge is 0.337 e. The summed E-state index contributed by atoms with van der Waals surface area (Å²) in [5.41, 5.74) is 24.8. The molecule has 0 bridgehead atoms. The van der Waals surface area contributed by atoms with E-state index in [4.69, 9.17) is 64.1 Å². The van der Waals surface area contributed by atoms with Gasteiger partial charge in [0.05, 0.1) is 77.9 Å². The number of amides is 6. The molecule has 0 aliphatic rings. The van der Waals surface area contributed by atoms with E-state index in [-0.39, 0.29) is 60.3 Å². The maximum absolute atomic E-state index is 13.2. The Labute approximate surface area is 549 Å². The zero-order valence-electron chi connectivity index (χ0n) is 51.1. The van der Waals surface area contributed by atoms with Gasteiger partial charge in [-0.15, -0.1) is 0 Å². The number of anilines is 5. The highest BCUT2D eigenvalue weighted by Crippen LogP contribution is 2.39. The number of hydrazine groups is 3. The molecule has 0 spiro atoms. The van der Waals surface area contributed by atoms with Gasteiger partial charge in [0.2, 0.25) is 22.2 Å². The molecule has 0 fully saturated rings. The van der Waals surface area contributed by atoms with Crippen LogP contribution in [0.25, 0.3) is 29.1 Å². The van der Waals surface area contributed by atoms with Gasteiger partial charge in [0.15, 0.2) is 34.1 Å². The van der Waals surface area contributed by atoms with Gasteiger partial charge in [-0.05, 0) is 150 Å². The van der Waals surface area contributed by atoms with Crippen LogP contribution >= 0.6 is 11.6 Å². The average Bonchev–Trinajstić information content (AvgIpc) is 0.923. The Balaban J connectivity index is 0.000000227. The molecule has 0 aromatic heterocycles. The quantitative estimate of drug-likeness (QED) is 0.0209. The number of aryl methyl sites for hydroxylation is 7. The number of hydrogen-bond acceptors (Lipinski definition) is 11. The molecular weight excluding hydrogens is 1240 g/mol. The molecule has 6 amide bonds. The van der Waals surface area contributed by atoms with Crippen molar-refractivity contribution in [3.63, 3.8) is 0 Å². The van der Waals surface area contributed by atoms with Crippen molar-refractivity contribution in [1.29, 1.82) is 0 Å². The van der Waals surface area contributed by atoms with Crippen LogP contribution < -0.4 is 61.6 Å². The summed E-state index contributed by atoms with van der Waals surface area (Å²) in [6.45, 7) is 57.7. The second-order valence-corrected chi connectivity index (χ2v) is 22.5. The van der Waals surface area contributed by atoms with Gasteiger partial charge in [0.25, 0.3) is 0 Å². The van der Waals surface area contributed by atoms with Crippen LogP contribution in [0.1, 0.15) is 45.4 Å². The third-order valence-electron chi connectivity index (χ3n) is 12.7. The Hall–Kier alpha value is -12.1. The minimum atomic E-state index is -2.03. The maximum atomic E-state index is 13.2. The van der Waals surface area contributed by atoms with Crippen LogP contribution in [-0.4, -0.2) is 39.7 Å². The van der Waals surface area contributed by atoms with Gasteiger partial charge < -0.3 is 29.1 Å². The fraction of sp³-hybridized carbons (Fsp3) is 0.149. The third kappa shape index (κ3) is 21.0. The number of nitrogens with zero attached hydrogens (tertiary/aromatic N) is 6. The van der Waals surface area contributed by atoms with Crippen LogP contribution in [0.5, 0.6) is 17.2 Å². The van der Waals surface area contributed by atoms with Crippen molar-refractivity contribution < 1.29 is 35.9 Å². The molecule has 2 unspecified atom stereocenters. The van der Waals surface area contributed by atoms with Crippen LogP contribution in [0.2, 0.25) is 5.02 Å². The van der Waals surface area contributed by atoms with Crippen LogP contribution in [-0.2, 0) is 22.2 Å². The summed E-state index contributed by atoms with van der Waals surface area (Å²) in [6, 6.07) is 39.5. The van der Waals surface area contributed by atoms with E-state index in [9.17, 15) is 22.8 Å². The van der Waals surface area contributed by atoms with Gasteiger partial charge >= 0.3 is 18.1 Å². The molecule has 0 aliphatic heterocycles. The number of carbonyl (C=O) groups is 3. The van der Waals surface area contributed by atoms with E-state index in [0.717, 1.165) is 44.7 Å². The Kier molecular flexibility index (Phi) is 26.0. The molecule has 0 saturated heterocycles. The number of benzene rings is 8. The van der Waals surface area contributed by atoms with Crippen molar-refractivity contribution >= 4 is 114 Å². The normalized spacial score (nSPS) is 10.6. The second-order valence-electron chi connectivity index (χ2n) is 20.0. The van der Waals surface area contributed by atoms with E-state index in [0.29, 0.717) is 48.1 Å². The van der Waals surface area contributed by atoms with Crippen molar-refractivity contribution in [2.75, 3.05) is 40.1 Å². The molecule has 470 valence electrons. The van der Waals surface area contributed by atoms with Crippen molar-refractivity contribution in [2.45, 2.75) is 64.7 Å². The van der Waals surface area contributed by atoms with Crippen molar-refractivity contribution in [2.24, 2.45) is 0 Å². The first-order valence-electron chi connectivity index (χ1n) is 27.7. The van der Waals surface area contributed by atoms with E-state index < -0.39 is 40.3 Å². The minimum Gasteiger partial charge on any atom is -0.493 e. The number of carbonyl (C=O) groups excluding carboxylic acids is 3. The topological polar surface area (TPSA) is 247 Å². The molecule has 8 aromatic carbocycles. The molecule has 0 saturated carbocycles. The highest BCUT2D eigenvalue weighted by atomic mass is 35.5. The van der Waals surface area contributed by atoms with Crippen LogP contribution in [0, 0.1) is 87.9 Å². The van der Waals surface area contributed by atoms with E-state index in [2.05, 4.69) is 77.6 Å². The van der Waals surface area contributed by atoms with Crippen LogP contribution in [0.4, 0.5) is 76.9 Å². The van der Waals surface area contributed by atoms with Gasteiger partial charge in [0, 0.05) is 17.9 Å². The first kappa shape index (κ1) is 70.0. The SMILES string of the molecule is [C-]#[N+]c1cc(Cl)c(NNC(=O)Nc2ccc(C)cc2)cc1[N+]#[C-].[C-]#[N+]c1cc(NNC(=O)NCCCOc2ccc(C)cc2C)c(S(=O)Oc2ccccc2)cc1[N+]#[C-].[C-]#[N+]c1cc(NNC(=O)Nc2ccc(C)cc2)c(S(=O)Oc2c(C)cc(C)cc2C)cc1[N+]#[C-]. The number of hydrogen-bond donors (Lipinski definition) is 9. The molecule has 2 atom stereocenters. The fourth-order valence-electron chi connectivity index (χ4n) is 8.23. The molecule has 23 nitrogen and oxygen atoms in total. The summed E-state index contributed by atoms with van der Waals surface area (Å²) in [5.74, 6) is 1.65. The lowest BCUT2D eigenvalue weighted by atomic mass is 10.1. The monoisotopic (exact) mass is 1300 g/mol. The number of halogens is 1. The zero-order valence-corrected chi connectivity index (χ0v) is 53.5. The van der Waals surface area contributed by atoms with Gasteiger partial charge in [-0.1, -0.05) is 101 Å². The largest absolute Gasteiger partial charge is 0.493 e. The van der Waals surface area contributed by atoms with E-state index in [1.807, 2.05) is 103 Å². The summed E-state index contributed by atoms with van der Waals surface area (Å²) >= 11 is 1.98. The van der Waals surface area contributed by atoms with Gasteiger partial charge in [-0.2, -0.15) is 0 Å². The average molecular weight is 1300 g/mol. The van der Waals surface area contributed by atoms with Gasteiger partial charge in [0.1, 0.15) is 17.2 Å². The van der Waals surface area contributed by atoms with E-state index >= 15 is 0 Å². The highest BCUT2D eigenvalue weighted by Gasteiger charge is 2.21. The summed E-state index contributed by atoms with van der Waals surface area (Å²) < 4.78 is 43.1. The minimum absolute atomic E-state index is 0.0313. The second kappa shape index (κ2) is 34.6. The van der Waals surface area contributed by atoms with Crippen LogP contribution in [0.3, 0.4) is 0 Å². The van der Waals surface area contributed by atoms with Crippen LogP contribution in [0.15, 0.2) is 155 Å². The van der Waals surface area contributed by atoms with Gasteiger partial charge in [-0.25, -0.2) is 22.8 Å². The predicted molar refractivity (Wildman–Crippen MR) is 363 cm³/mol. The number of urea groups is 3. The lowest BCUT2D eigenvalue weighted by Gasteiger charge is -2.16. The predicted octanol–water partition coefficient (Wildman–Crippen LogP) is 16.8. The Morgan fingerprint density at radius 2 is 0.860 bits per heavy atom. The molecule has 8 rings (SSSR count). The van der Waals surface area contributed by atoms with E-state index in [1.165, 1.54) is 36.4 Å². The Bertz CT molecular complexity index is 4360. The first-order valence-corrected chi connectivity index (χ1v) is 30.3. The lowest BCUT2D eigenvalue weighted by Crippen LogP contribution is -2.40. The Morgan fingerprint density at radius 1 is 0.452 bits per heavy atom. The van der Waals surface area contributed by atoms with Crippen molar-refractivity contribution in [1.82, 2.24) is 21.6 Å². The highest BCUT2D eigenvalue weighted by molar-refractivity contribution is 7.81. The number of ether oxygens (including phenoxy) is 1. The summed E-state index contributed by atoms with van der Waals surface area (Å²) in [4.78, 5) is 56.5. The first-order chi connectivity index (χ1) is 44.6. The van der Waals surface area contributed by atoms with Gasteiger partial charge in [-0.3, -0.25) is 61.6 Å². The summed E-state index contributed by atoms with van der Waals surface area (Å²) in [5, 5.41) is 8.25. The Morgan fingerprint density at radius 3 is 1.33 bits per heavy atom. The molecular formula is C67H60ClN15O8S2. The maximum Gasteiger partial charge on any atom is 0.337 e. The molecule has 0 radical (unpaired) electrons. The summed E-state index contributed by atoms with van der Waals surface area (Å²) in [6.07, 6.45) is 0.586. The standard InChI is InChI=1S/C26H25N5O4S.C25H23N5O3S.C16H12ClN5O/c1-18-11-12-24(19(2)15-18)34-14-8-13-29-26(32)31-30-23-16-21(27-3)22(28-4)17-25(23)36(33)35-20-9-6-5-7-10-20;1-15-7-9-19(10-8-15)28-25(31)30-29-22-13-20(26-5)21(27-6)14-23(22)34(32)33-24-17(3)11-16(2)12-18(24)4;1-10-4-6-11(7-5-10)20-16(23)22-21-13-9-15(19-3)14(18-2)8-12(13)17/h5-7,9-12,15-17,30H,8,13-14H2,1-2H3,(H2,29,31,32);7-14,29H,1-4H3,(H2,28,30,31);4-9,21H,1H3,(H2,20,22,23). The summed E-state index contributed by atoms with van der Waals surface area (Å²) in [7, 11) is 0. The lowest BCUT2D eigenvalue weighted by molar-refractivity contribution is 0.240. The van der Waals surface area contributed by atoms with Crippen molar-refractivity contribution in [3.8, 4) is 17.2 Å². The molecule has 26 heteroatoms. The molecule has 0 aliphatic carbocycles. The molecule has 8 aromatic rings. The van der Waals surface area contributed by atoms with Crippen molar-refractivity contribution in [3.05, 3.63) is 258 Å². The molecule has 93 heavy (non-hydrogen) atoms. The van der Waals surface area contributed by atoms with E-state index in [1.54, 1.807) is 54.6 Å². The fourth-order valence-corrected chi connectivity index (χ4v) is 10.3. The third-order valence-corrected chi connectivity index (χ3v) is 15.1. The molecule has 9 N–H and O–H groups in total. The number of nitrogens with one attached hydrogen (secondary N) is 9.